The van der Waals surface area contributed by atoms with E-state index in [2.05, 4.69) is 63.5 Å². The molecule has 2 aromatic rings. The largest absolute Gasteiger partial charge is 0.368 e. The second-order valence-electron chi connectivity index (χ2n) is 8.32. The van der Waals surface area contributed by atoms with E-state index < -0.39 is 0 Å². The summed E-state index contributed by atoms with van der Waals surface area (Å²) >= 11 is 0. The Bertz CT molecular complexity index is 794. The van der Waals surface area contributed by atoms with Gasteiger partial charge in [0.15, 0.2) is 0 Å². The molecule has 2 aliphatic rings. The van der Waals surface area contributed by atoms with Crippen LogP contribution in [0.5, 0.6) is 0 Å². The normalized spacial score (nSPS) is 19.3. The zero-order valence-corrected chi connectivity index (χ0v) is 17.4. The number of para-hydroxylation sites is 1. The maximum absolute atomic E-state index is 13.1. The van der Waals surface area contributed by atoms with Crippen LogP contribution in [0.2, 0.25) is 0 Å². The Morgan fingerprint density at radius 2 is 1.55 bits per heavy atom. The SMILES string of the molecule is CN1CCN(c2ccccc2C(=O)NC2CCN(Cc3ccccc3)CC2)CC1. The number of carbonyl (C=O) groups excluding carboxylic acids is 1. The predicted octanol–water partition coefficient (Wildman–Crippen LogP) is 2.83. The van der Waals surface area contributed by atoms with E-state index in [0.717, 1.165) is 69.9 Å². The topological polar surface area (TPSA) is 38.8 Å². The number of amides is 1. The summed E-state index contributed by atoms with van der Waals surface area (Å²) in [5.74, 6) is 0.0704. The summed E-state index contributed by atoms with van der Waals surface area (Å²) in [6.07, 6.45) is 2.02. The van der Waals surface area contributed by atoms with Crippen LogP contribution in [0.3, 0.4) is 0 Å². The third kappa shape index (κ3) is 5.17. The van der Waals surface area contributed by atoms with Crippen molar-refractivity contribution in [3.8, 4) is 0 Å². The number of hydrogen-bond donors (Lipinski definition) is 1. The van der Waals surface area contributed by atoms with Gasteiger partial charge >= 0.3 is 0 Å². The number of nitrogens with zero attached hydrogens (tertiary/aromatic N) is 3. The molecule has 0 aliphatic carbocycles. The van der Waals surface area contributed by atoms with E-state index in [-0.39, 0.29) is 11.9 Å². The number of piperazine rings is 1. The highest BCUT2D eigenvalue weighted by atomic mass is 16.1. The lowest BCUT2D eigenvalue weighted by Crippen LogP contribution is -2.46. The zero-order chi connectivity index (χ0) is 20.1. The highest BCUT2D eigenvalue weighted by molar-refractivity contribution is 6.00. The van der Waals surface area contributed by atoms with E-state index in [4.69, 9.17) is 0 Å². The van der Waals surface area contributed by atoms with E-state index in [1.807, 2.05) is 18.2 Å². The Hall–Kier alpha value is -2.37. The van der Waals surface area contributed by atoms with Crippen molar-refractivity contribution >= 4 is 11.6 Å². The number of likely N-dealkylation sites (N-methyl/N-ethyl adjacent to an activating group) is 1. The van der Waals surface area contributed by atoms with Gasteiger partial charge in [-0.25, -0.2) is 0 Å². The van der Waals surface area contributed by atoms with Gasteiger partial charge in [0, 0.05) is 57.5 Å². The van der Waals surface area contributed by atoms with Crippen molar-refractivity contribution in [2.24, 2.45) is 0 Å². The summed E-state index contributed by atoms with van der Waals surface area (Å²) in [7, 11) is 2.15. The summed E-state index contributed by atoms with van der Waals surface area (Å²) < 4.78 is 0. The first kappa shape index (κ1) is 19.9. The van der Waals surface area contributed by atoms with Crippen molar-refractivity contribution < 1.29 is 4.79 Å². The second kappa shape index (κ2) is 9.42. The minimum atomic E-state index is 0.0704. The first-order valence-corrected chi connectivity index (χ1v) is 10.8. The smallest absolute Gasteiger partial charge is 0.253 e. The number of hydrogen-bond acceptors (Lipinski definition) is 4. The molecular formula is C24H32N4O. The summed E-state index contributed by atoms with van der Waals surface area (Å²) in [6, 6.07) is 18.9. The Balaban J connectivity index is 1.32. The molecule has 5 nitrogen and oxygen atoms in total. The Morgan fingerprint density at radius 1 is 0.897 bits per heavy atom. The molecule has 0 atom stereocenters. The van der Waals surface area contributed by atoms with Gasteiger partial charge in [-0.3, -0.25) is 9.69 Å². The fourth-order valence-corrected chi connectivity index (χ4v) is 4.33. The maximum atomic E-state index is 13.1. The summed E-state index contributed by atoms with van der Waals surface area (Å²) in [5, 5.41) is 3.31. The molecule has 0 bridgehead atoms. The molecule has 2 fully saturated rings. The lowest BCUT2D eigenvalue weighted by Gasteiger charge is -2.35. The van der Waals surface area contributed by atoms with Crippen LogP contribution in [-0.2, 0) is 6.54 Å². The molecule has 0 aromatic heterocycles. The maximum Gasteiger partial charge on any atom is 0.253 e. The molecule has 0 spiro atoms. The van der Waals surface area contributed by atoms with Crippen LogP contribution in [0.25, 0.3) is 0 Å². The van der Waals surface area contributed by atoms with E-state index in [1.54, 1.807) is 0 Å². The van der Waals surface area contributed by atoms with Crippen LogP contribution in [0.4, 0.5) is 5.69 Å². The third-order valence-corrected chi connectivity index (χ3v) is 6.16. The fourth-order valence-electron chi connectivity index (χ4n) is 4.33. The van der Waals surface area contributed by atoms with Gasteiger partial charge in [0.1, 0.15) is 0 Å². The first-order chi connectivity index (χ1) is 14.2. The molecule has 2 saturated heterocycles. The fraction of sp³-hybridized carbons (Fsp3) is 0.458. The van der Waals surface area contributed by atoms with Gasteiger partial charge in [0.25, 0.3) is 5.91 Å². The van der Waals surface area contributed by atoms with Crippen LogP contribution >= 0.6 is 0 Å². The molecule has 0 saturated carbocycles. The Kier molecular flexibility index (Phi) is 6.47. The number of piperidine rings is 1. The standard InChI is InChI=1S/C24H32N4O/c1-26-15-17-28(18-16-26)23-10-6-5-9-22(23)24(29)25-21-11-13-27(14-12-21)19-20-7-3-2-4-8-20/h2-10,21H,11-19H2,1H3,(H,25,29). The number of anilines is 1. The minimum Gasteiger partial charge on any atom is -0.368 e. The predicted molar refractivity (Wildman–Crippen MR) is 118 cm³/mol. The van der Waals surface area contributed by atoms with Crippen molar-refractivity contribution in [3.05, 3.63) is 65.7 Å². The van der Waals surface area contributed by atoms with Crippen molar-refractivity contribution in [1.82, 2.24) is 15.1 Å². The molecule has 29 heavy (non-hydrogen) atoms. The molecular weight excluding hydrogens is 360 g/mol. The highest BCUT2D eigenvalue weighted by Gasteiger charge is 2.24. The third-order valence-electron chi connectivity index (χ3n) is 6.16. The lowest BCUT2D eigenvalue weighted by atomic mass is 10.0. The lowest BCUT2D eigenvalue weighted by molar-refractivity contribution is 0.0909. The van der Waals surface area contributed by atoms with Crippen LogP contribution < -0.4 is 10.2 Å². The van der Waals surface area contributed by atoms with E-state index >= 15 is 0 Å². The monoisotopic (exact) mass is 392 g/mol. The number of benzene rings is 2. The van der Waals surface area contributed by atoms with Crippen LogP contribution in [0.15, 0.2) is 54.6 Å². The average molecular weight is 393 g/mol. The molecule has 154 valence electrons. The average Bonchev–Trinajstić information content (AvgIpc) is 2.76. The molecule has 5 heteroatoms. The van der Waals surface area contributed by atoms with Gasteiger partial charge in [-0.1, -0.05) is 42.5 Å². The molecule has 2 aromatic carbocycles. The zero-order valence-electron chi connectivity index (χ0n) is 17.4. The van der Waals surface area contributed by atoms with E-state index in [0.29, 0.717) is 0 Å². The Morgan fingerprint density at radius 3 is 2.28 bits per heavy atom. The summed E-state index contributed by atoms with van der Waals surface area (Å²) in [6.45, 7) is 7.07. The summed E-state index contributed by atoms with van der Waals surface area (Å²) in [4.78, 5) is 20.2. The van der Waals surface area contributed by atoms with Crippen LogP contribution in [-0.4, -0.2) is 68.1 Å². The number of likely N-dealkylation sites (tertiary alicyclic amines) is 1. The first-order valence-electron chi connectivity index (χ1n) is 10.8. The van der Waals surface area contributed by atoms with Gasteiger partial charge < -0.3 is 15.1 Å². The number of rotatable bonds is 5. The molecule has 0 radical (unpaired) electrons. The summed E-state index contributed by atoms with van der Waals surface area (Å²) in [5.41, 5.74) is 3.24. The number of nitrogens with one attached hydrogen (secondary N) is 1. The van der Waals surface area contributed by atoms with Gasteiger partial charge in [-0.05, 0) is 37.6 Å². The molecule has 2 heterocycles. The highest BCUT2D eigenvalue weighted by Crippen LogP contribution is 2.22. The minimum absolute atomic E-state index is 0.0704. The van der Waals surface area contributed by atoms with Gasteiger partial charge in [-0.15, -0.1) is 0 Å². The van der Waals surface area contributed by atoms with E-state index in [1.165, 1.54) is 5.56 Å². The van der Waals surface area contributed by atoms with Gasteiger partial charge in [0.2, 0.25) is 0 Å². The van der Waals surface area contributed by atoms with Gasteiger partial charge in [0.05, 0.1) is 5.56 Å². The molecule has 0 unspecified atom stereocenters. The molecule has 1 amide bonds. The van der Waals surface area contributed by atoms with Crippen molar-refractivity contribution in [3.63, 3.8) is 0 Å². The second-order valence-corrected chi connectivity index (χ2v) is 8.32. The van der Waals surface area contributed by atoms with Crippen molar-refractivity contribution in [1.29, 1.82) is 0 Å². The quantitative estimate of drug-likeness (QED) is 0.849. The van der Waals surface area contributed by atoms with E-state index in [9.17, 15) is 4.79 Å². The Labute approximate surface area is 174 Å². The van der Waals surface area contributed by atoms with Crippen LogP contribution in [0, 0.1) is 0 Å². The molecule has 4 rings (SSSR count). The van der Waals surface area contributed by atoms with Gasteiger partial charge in [-0.2, -0.15) is 0 Å². The van der Waals surface area contributed by atoms with Crippen LogP contribution in [0.1, 0.15) is 28.8 Å². The molecule has 2 aliphatic heterocycles. The van der Waals surface area contributed by atoms with Crippen molar-refractivity contribution in [2.75, 3.05) is 51.2 Å². The number of carbonyl (C=O) groups is 1. The van der Waals surface area contributed by atoms with Crippen molar-refractivity contribution in [2.45, 2.75) is 25.4 Å². The molecule has 1 N–H and O–H groups in total.